The van der Waals surface area contributed by atoms with Crippen LogP contribution in [0, 0.1) is 6.92 Å². The zero-order valence-corrected chi connectivity index (χ0v) is 17.8. The molecule has 0 unspecified atom stereocenters. The molecular formula is C22H24N2O4S. The van der Waals surface area contributed by atoms with Gasteiger partial charge < -0.3 is 14.2 Å². The smallest absolute Gasteiger partial charge is 0.260 e. The highest BCUT2D eigenvalue weighted by Crippen LogP contribution is 2.36. The Labute approximate surface area is 174 Å². The van der Waals surface area contributed by atoms with Gasteiger partial charge in [-0.3, -0.25) is 9.69 Å². The second-order valence-electron chi connectivity index (χ2n) is 6.40. The summed E-state index contributed by atoms with van der Waals surface area (Å²) in [6, 6.07) is 13.1. The third-order valence-electron chi connectivity index (χ3n) is 4.47. The number of benzene rings is 2. The van der Waals surface area contributed by atoms with E-state index in [-0.39, 0.29) is 5.91 Å². The lowest BCUT2D eigenvalue weighted by atomic mass is 10.1. The summed E-state index contributed by atoms with van der Waals surface area (Å²) in [6.45, 7) is 2.81. The summed E-state index contributed by atoms with van der Waals surface area (Å²) in [5.41, 5.74) is 3.25. The zero-order valence-electron chi connectivity index (χ0n) is 17.0. The second-order valence-corrected chi connectivity index (χ2v) is 7.23. The van der Waals surface area contributed by atoms with Crippen molar-refractivity contribution >= 4 is 22.4 Å². The van der Waals surface area contributed by atoms with Crippen molar-refractivity contribution < 1.29 is 19.0 Å². The minimum atomic E-state index is -0.111. The Balaban J connectivity index is 1.96. The number of hydrogen-bond acceptors (Lipinski definition) is 6. The minimum Gasteiger partial charge on any atom is -0.497 e. The lowest BCUT2D eigenvalue weighted by Gasteiger charge is -2.19. The molecule has 3 rings (SSSR count). The summed E-state index contributed by atoms with van der Waals surface area (Å²) in [5, 5.41) is 2.52. The molecular weight excluding hydrogens is 388 g/mol. The van der Waals surface area contributed by atoms with Gasteiger partial charge in [0.1, 0.15) is 11.5 Å². The molecule has 0 radical (unpaired) electrons. The predicted octanol–water partition coefficient (Wildman–Crippen LogP) is 4.43. The van der Waals surface area contributed by atoms with Crippen molar-refractivity contribution in [3.05, 3.63) is 59.0 Å². The highest BCUT2D eigenvalue weighted by molar-refractivity contribution is 7.14. The number of methoxy groups -OCH3 is 3. The van der Waals surface area contributed by atoms with Crippen LogP contribution in [0.5, 0.6) is 11.5 Å². The van der Waals surface area contributed by atoms with E-state index in [1.807, 2.05) is 54.8 Å². The van der Waals surface area contributed by atoms with Gasteiger partial charge in [0.2, 0.25) is 0 Å². The van der Waals surface area contributed by atoms with Crippen molar-refractivity contribution in [2.45, 2.75) is 6.92 Å². The normalized spacial score (nSPS) is 10.6. The Bertz CT molecular complexity index is 969. The predicted molar refractivity (Wildman–Crippen MR) is 115 cm³/mol. The maximum atomic E-state index is 13.1. The number of thiazole rings is 1. The molecule has 1 heterocycles. The van der Waals surface area contributed by atoms with Crippen molar-refractivity contribution in [3.8, 4) is 22.8 Å². The molecule has 0 bridgehead atoms. The number of nitrogens with zero attached hydrogens (tertiary/aromatic N) is 2. The van der Waals surface area contributed by atoms with Gasteiger partial charge in [0.25, 0.3) is 5.91 Å². The fraction of sp³-hybridized carbons (Fsp3) is 0.273. The summed E-state index contributed by atoms with van der Waals surface area (Å²) in [4.78, 5) is 19.5. The Morgan fingerprint density at radius 1 is 1.07 bits per heavy atom. The number of carbonyl (C=O) groups is 1. The van der Waals surface area contributed by atoms with Gasteiger partial charge in [-0.25, -0.2) is 4.98 Å². The van der Waals surface area contributed by atoms with Crippen molar-refractivity contribution in [1.82, 2.24) is 4.98 Å². The van der Waals surface area contributed by atoms with E-state index < -0.39 is 0 Å². The number of aryl methyl sites for hydroxylation is 1. The van der Waals surface area contributed by atoms with Gasteiger partial charge in [-0.15, -0.1) is 11.3 Å². The molecule has 0 saturated carbocycles. The number of anilines is 1. The molecule has 1 aromatic heterocycles. The molecule has 0 aliphatic heterocycles. The highest BCUT2D eigenvalue weighted by atomic mass is 32.1. The molecule has 29 heavy (non-hydrogen) atoms. The van der Waals surface area contributed by atoms with Gasteiger partial charge >= 0.3 is 0 Å². The summed E-state index contributed by atoms with van der Waals surface area (Å²) in [5.74, 6) is 1.29. The van der Waals surface area contributed by atoms with Gasteiger partial charge in [-0.05, 0) is 37.3 Å². The third-order valence-corrected chi connectivity index (χ3v) is 5.33. The first-order valence-corrected chi connectivity index (χ1v) is 10.0. The van der Waals surface area contributed by atoms with Crippen molar-refractivity contribution in [3.63, 3.8) is 0 Å². The molecule has 0 spiro atoms. The third kappa shape index (κ3) is 4.75. The van der Waals surface area contributed by atoms with E-state index in [0.29, 0.717) is 35.3 Å². The van der Waals surface area contributed by atoms with Crippen LogP contribution in [-0.4, -0.2) is 45.4 Å². The number of ether oxygens (including phenoxy) is 3. The molecule has 7 heteroatoms. The molecule has 3 aromatic rings. The van der Waals surface area contributed by atoms with E-state index in [1.165, 1.54) is 11.3 Å². The topological polar surface area (TPSA) is 60.9 Å². The Morgan fingerprint density at radius 3 is 2.48 bits per heavy atom. The van der Waals surface area contributed by atoms with Gasteiger partial charge in [-0.1, -0.05) is 17.7 Å². The standard InChI is InChI=1S/C22H24N2O4S/c1-15-5-7-16(8-6-15)21(25)24(11-12-26-2)22-23-19(14-29-22)18-13-17(27-3)9-10-20(18)28-4/h5-10,13-14H,11-12H2,1-4H3. The van der Waals surface area contributed by atoms with Crippen molar-refractivity contribution in [2.24, 2.45) is 0 Å². The van der Waals surface area contributed by atoms with E-state index in [9.17, 15) is 4.79 Å². The number of hydrogen-bond donors (Lipinski definition) is 0. The zero-order chi connectivity index (χ0) is 20.8. The molecule has 152 valence electrons. The first-order valence-electron chi connectivity index (χ1n) is 9.12. The Kier molecular flexibility index (Phi) is 6.85. The SMILES string of the molecule is COCCN(C(=O)c1ccc(C)cc1)c1nc(-c2cc(OC)ccc2OC)cs1. The summed E-state index contributed by atoms with van der Waals surface area (Å²) in [7, 11) is 4.85. The fourth-order valence-corrected chi connectivity index (χ4v) is 3.69. The lowest BCUT2D eigenvalue weighted by Crippen LogP contribution is -2.33. The van der Waals surface area contributed by atoms with Crippen molar-refractivity contribution in [2.75, 3.05) is 39.4 Å². The number of amides is 1. The van der Waals surface area contributed by atoms with E-state index in [0.717, 1.165) is 16.8 Å². The van der Waals surface area contributed by atoms with Crippen molar-refractivity contribution in [1.29, 1.82) is 0 Å². The van der Waals surface area contributed by atoms with E-state index in [1.54, 1.807) is 26.2 Å². The minimum absolute atomic E-state index is 0.111. The number of rotatable bonds is 8. The van der Waals surface area contributed by atoms with Gasteiger partial charge in [0.05, 0.1) is 33.1 Å². The van der Waals surface area contributed by atoms with Crippen LogP contribution in [0.25, 0.3) is 11.3 Å². The average molecular weight is 413 g/mol. The summed E-state index contributed by atoms with van der Waals surface area (Å²) < 4.78 is 16.0. The monoisotopic (exact) mass is 412 g/mol. The molecule has 6 nitrogen and oxygen atoms in total. The first kappa shape index (κ1) is 20.8. The number of aromatic nitrogens is 1. The molecule has 0 fully saturated rings. The molecule has 1 amide bonds. The van der Waals surface area contributed by atoms with Crippen LogP contribution in [0.3, 0.4) is 0 Å². The van der Waals surface area contributed by atoms with Crippen LogP contribution < -0.4 is 14.4 Å². The summed E-state index contributed by atoms with van der Waals surface area (Å²) in [6.07, 6.45) is 0. The van der Waals surface area contributed by atoms with E-state index in [4.69, 9.17) is 19.2 Å². The summed E-state index contributed by atoms with van der Waals surface area (Å²) >= 11 is 1.40. The Hall–Kier alpha value is -2.90. The first-order chi connectivity index (χ1) is 14.1. The maximum Gasteiger partial charge on any atom is 0.260 e. The van der Waals surface area contributed by atoms with Crippen LogP contribution in [0.15, 0.2) is 47.8 Å². The molecule has 0 aliphatic carbocycles. The van der Waals surface area contributed by atoms with Crippen LogP contribution in [0.1, 0.15) is 15.9 Å². The van der Waals surface area contributed by atoms with Gasteiger partial charge in [-0.2, -0.15) is 0 Å². The molecule has 0 atom stereocenters. The largest absolute Gasteiger partial charge is 0.497 e. The van der Waals surface area contributed by atoms with Crippen LogP contribution in [0.2, 0.25) is 0 Å². The Morgan fingerprint density at radius 2 is 1.83 bits per heavy atom. The van der Waals surface area contributed by atoms with Crippen LogP contribution in [0.4, 0.5) is 5.13 Å². The quantitative estimate of drug-likeness (QED) is 0.548. The molecule has 0 saturated heterocycles. The maximum absolute atomic E-state index is 13.1. The lowest BCUT2D eigenvalue weighted by molar-refractivity contribution is 0.0976. The molecule has 0 N–H and O–H groups in total. The molecule has 2 aromatic carbocycles. The fourth-order valence-electron chi connectivity index (χ4n) is 2.84. The number of carbonyl (C=O) groups excluding carboxylic acids is 1. The van der Waals surface area contributed by atoms with Gasteiger partial charge in [0, 0.05) is 23.6 Å². The average Bonchev–Trinajstić information content (AvgIpc) is 3.23. The second kappa shape index (κ2) is 9.54. The van der Waals surface area contributed by atoms with E-state index >= 15 is 0 Å². The van der Waals surface area contributed by atoms with E-state index in [2.05, 4.69) is 0 Å². The highest BCUT2D eigenvalue weighted by Gasteiger charge is 2.22. The van der Waals surface area contributed by atoms with Crippen LogP contribution in [-0.2, 0) is 4.74 Å². The van der Waals surface area contributed by atoms with Gasteiger partial charge in [0.15, 0.2) is 5.13 Å². The van der Waals surface area contributed by atoms with Crippen LogP contribution >= 0.6 is 11.3 Å². The molecule has 0 aliphatic rings.